The van der Waals surface area contributed by atoms with Crippen molar-refractivity contribution in [1.29, 1.82) is 0 Å². The first-order chi connectivity index (χ1) is 13.2. The van der Waals surface area contributed by atoms with Gasteiger partial charge in [-0.2, -0.15) is 0 Å². The summed E-state index contributed by atoms with van der Waals surface area (Å²) in [5.41, 5.74) is 1.03. The van der Waals surface area contributed by atoms with Crippen LogP contribution in [0, 0.1) is 11.8 Å². The minimum Gasteiger partial charge on any atom is -0.473 e. The van der Waals surface area contributed by atoms with Gasteiger partial charge in [-0.1, -0.05) is 19.9 Å². The number of benzene rings is 1. The summed E-state index contributed by atoms with van der Waals surface area (Å²) < 4.78 is 10.6. The van der Waals surface area contributed by atoms with Crippen LogP contribution in [0.3, 0.4) is 0 Å². The van der Waals surface area contributed by atoms with Gasteiger partial charge < -0.3 is 25.0 Å². The Kier molecular flexibility index (Phi) is 7.62. The number of carboxylic acid groups (broad SMARTS) is 2. The van der Waals surface area contributed by atoms with Gasteiger partial charge in [0, 0.05) is 19.6 Å². The van der Waals surface area contributed by atoms with E-state index in [1.165, 1.54) is 6.42 Å². The number of fused-ring (bicyclic) bond motifs is 1. The Bertz CT molecular complexity index is 700. The highest BCUT2D eigenvalue weighted by molar-refractivity contribution is 6.27. The van der Waals surface area contributed by atoms with Crippen LogP contribution in [0.25, 0.3) is 0 Å². The Balaban J connectivity index is 0.000000409. The zero-order valence-electron chi connectivity index (χ0n) is 16.0. The summed E-state index contributed by atoms with van der Waals surface area (Å²) in [5.74, 6) is -0.698. The fraction of sp³-hybridized carbons (Fsp3) is 0.526. The van der Waals surface area contributed by atoms with E-state index < -0.39 is 11.9 Å². The third-order valence-corrected chi connectivity index (χ3v) is 4.42. The van der Waals surface area contributed by atoms with Crippen LogP contribution in [-0.2, 0) is 20.9 Å². The van der Waals surface area contributed by atoms with Gasteiger partial charge >= 0.3 is 11.9 Å². The molecule has 2 aliphatic heterocycles. The van der Waals surface area contributed by atoms with Crippen LogP contribution in [0.4, 0.5) is 0 Å². The second-order valence-electron chi connectivity index (χ2n) is 7.21. The minimum absolute atomic E-state index is 0.0824. The highest BCUT2D eigenvalue weighted by atomic mass is 16.7. The van der Waals surface area contributed by atoms with Crippen LogP contribution in [0.2, 0.25) is 0 Å². The minimum atomic E-state index is -1.82. The molecular weight excluding hydrogens is 368 g/mol. The predicted octanol–water partition coefficient (Wildman–Crippen LogP) is 1.17. The van der Waals surface area contributed by atoms with Crippen LogP contribution < -0.4 is 14.8 Å². The monoisotopic (exact) mass is 394 g/mol. The largest absolute Gasteiger partial charge is 0.473 e. The van der Waals surface area contributed by atoms with E-state index in [0.717, 1.165) is 30.2 Å². The van der Waals surface area contributed by atoms with Crippen molar-refractivity contribution in [2.24, 2.45) is 11.8 Å². The molecule has 0 spiro atoms. The number of rotatable bonds is 4. The molecule has 3 N–H and O–H groups in total. The van der Waals surface area contributed by atoms with Gasteiger partial charge in [0.2, 0.25) is 12.7 Å². The maximum atomic E-state index is 12.1. The SMILES string of the molecule is CC1CC(C)CN(CC(=O)NCc2ccc3c(c2)OCO3)C1.O=C(O)C(=O)O. The van der Waals surface area contributed by atoms with Crippen molar-refractivity contribution in [1.82, 2.24) is 10.2 Å². The third kappa shape index (κ3) is 6.73. The van der Waals surface area contributed by atoms with E-state index in [0.29, 0.717) is 24.9 Å². The van der Waals surface area contributed by atoms with Gasteiger partial charge in [0.15, 0.2) is 11.5 Å². The van der Waals surface area contributed by atoms with Gasteiger partial charge in [0.1, 0.15) is 0 Å². The topological polar surface area (TPSA) is 125 Å². The average Bonchev–Trinajstić information content (AvgIpc) is 3.07. The standard InChI is InChI=1S/C17H24N2O3.C2H2O4/c1-12-5-13(2)9-19(8-12)10-17(20)18-7-14-3-4-15-16(6-14)22-11-21-15;3-1(4)2(5)6/h3-4,6,12-13H,5,7-11H2,1-2H3,(H,18,20);(H,3,4)(H,5,6). The predicted molar refractivity (Wildman–Crippen MR) is 99.1 cm³/mol. The number of hydrogen-bond acceptors (Lipinski definition) is 6. The Hall–Kier alpha value is -2.81. The first-order valence-corrected chi connectivity index (χ1v) is 9.08. The van der Waals surface area contributed by atoms with E-state index >= 15 is 0 Å². The molecule has 0 aliphatic carbocycles. The lowest BCUT2D eigenvalue weighted by Gasteiger charge is -2.34. The van der Waals surface area contributed by atoms with E-state index in [4.69, 9.17) is 29.3 Å². The summed E-state index contributed by atoms with van der Waals surface area (Å²) in [7, 11) is 0. The van der Waals surface area contributed by atoms with Crippen LogP contribution in [0.15, 0.2) is 18.2 Å². The highest BCUT2D eigenvalue weighted by Gasteiger charge is 2.23. The van der Waals surface area contributed by atoms with Crippen molar-refractivity contribution in [3.8, 4) is 11.5 Å². The van der Waals surface area contributed by atoms with Gasteiger partial charge in [-0.15, -0.1) is 0 Å². The second kappa shape index (κ2) is 9.93. The molecule has 9 nitrogen and oxygen atoms in total. The van der Waals surface area contributed by atoms with Crippen molar-refractivity contribution < 1.29 is 34.1 Å². The molecule has 0 radical (unpaired) electrons. The first-order valence-electron chi connectivity index (χ1n) is 9.08. The molecule has 2 unspecified atom stereocenters. The van der Waals surface area contributed by atoms with E-state index in [1.807, 2.05) is 18.2 Å². The summed E-state index contributed by atoms with van der Waals surface area (Å²) in [6.07, 6.45) is 1.26. The van der Waals surface area contributed by atoms with Gasteiger partial charge in [-0.3, -0.25) is 9.69 Å². The molecule has 1 amide bonds. The lowest BCUT2D eigenvalue weighted by atomic mass is 9.92. The van der Waals surface area contributed by atoms with Gasteiger partial charge in [0.05, 0.1) is 6.54 Å². The molecule has 2 aliphatic rings. The number of aliphatic carboxylic acids is 2. The summed E-state index contributed by atoms with van der Waals surface area (Å²) in [6.45, 7) is 7.83. The van der Waals surface area contributed by atoms with E-state index in [1.54, 1.807) is 0 Å². The van der Waals surface area contributed by atoms with Crippen LogP contribution in [0.5, 0.6) is 11.5 Å². The highest BCUT2D eigenvalue weighted by Crippen LogP contribution is 2.32. The Morgan fingerprint density at radius 3 is 2.29 bits per heavy atom. The smallest absolute Gasteiger partial charge is 0.414 e. The third-order valence-electron chi connectivity index (χ3n) is 4.42. The van der Waals surface area contributed by atoms with Crippen molar-refractivity contribution in [2.75, 3.05) is 26.4 Å². The van der Waals surface area contributed by atoms with E-state index in [2.05, 4.69) is 24.1 Å². The van der Waals surface area contributed by atoms with Crippen LogP contribution in [-0.4, -0.2) is 59.4 Å². The molecule has 2 atom stereocenters. The van der Waals surface area contributed by atoms with Crippen molar-refractivity contribution >= 4 is 17.8 Å². The molecule has 0 saturated carbocycles. The van der Waals surface area contributed by atoms with E-state index in [9.17, 15) is 4.79 Å². The molecule has 1 fully saturated rings. The number of nitrogens with one attached hydrogen (secondary N) is 1. The molecule has 1 aromatic carbocycles. The van der Waals surface area contributed by atoms with Crippen molar-refractivity contribution in [2.45, 2.75) is 26.8 Å². The normalized spacial score (nSPS) is 20.6. The molecule has 28 heavy (non-hydrogen) atoms. The lowest BCUT2D eigenvalue weighted by molar-refractivity contribution is -0.159. The molecule has 9 heteroatoms. The number of carbonyl (C=O) groups excluding carboxylic acids is 1. The summed E-state index contributed by atoms with van der Waals surface area (Å²) >= 11 is 0. The van der Waals surface area contributed by atoms with Crippen LogP contribution >= 0.6 is 0 Å². The molecule has 2 heterocycles. The van der Waals surface area contributed by atoms with Crippen molar-refractivity contribution in [3.05, 3.63) is 23.8 Å². The maximum Gasteiger partial charge on any atom is 0.414 e. The number of nitrogens with zero attached hydrogens (tertiary/aromatic N) is 1. The van der Waals surface area contributed by atoms with Gasteiger partial charge in [-0.05, 0) is 36.0 Å². The van der Waals surface area contributed by atoms with Gasteiger partial charge in [0.25, 0.3) is 0 Å². The molecule has 1 saturated heterocycles. The lowest BCUT2D eigenvalue weighted by Crippen LogP contribution is -2.44. The number of hydrogen-bond donors (Lipinski definition) is 3. The van der Waals surface area contributed by atoms with E-state index in [-0.39, 0.29) is 12.7 Å². The second-order valence-corrected chi connectivity index (χ2v) is 7.21. The molecule has 1 aromatic rings. The molecule has 154 valence electrons. The van der Waals surface area contributed by atoms with Gasteiger partial charge in [-0.25, -0.2) is 9.59 Å². The summed E-state index contributed by atoms with van der Waals surface area (Å²) in [6, 6.07) is 5.77. The molecule has 3 rings (SSSR count). The zero-order chi connectivity index (χ0) is 20.7. The van der Waals surface area contributed by atoms with Crippen molar-refractivity contribution in [3.63, 3.8) is 0 Å². The fourth-order valence-corrected chi connectivity index (χ4v) is 3.43. The summed E-state index contributed by atoms with van der Waals surface area (Å²) in [5, 5.41) is 17.8. The molecule has 0 bridgehead atoms. The number of likely N-dealkylation sites (tertiary alicyclic amines) is 1. The number of amides is 1. The Morgan fingerprint density at radius 1 is 1.07 bits per heavy atom. The first kappa shape index (κ1) is 21.5. The molecular formula is C19H26N2O7. The molecule has 0 aromatic heterocycles. The maximum absolute atomic E-state index is 12.1. The average molecular weight is 394 g/mol. The number of piperidine rings is 1. The zero-order valence-corrected chi connectivity index (χ0v) is 16.0. The summed E-state index contributed by atoms with van der Waals surface area (Å²) in [4.78, 5) is 32.6. The number of ether oxygens (including phenoxy) is 2. The van der Waals surface area contributed by atoms with Crippen LogP contribution in [0.1, 0.15) is 25.8 Å². The Morgan fingerprint density at radius 2 is 1.68 bits per heavy atom. The fourth-order valence-electron chi connectivity index (χ4n) is 3.43. The quantitative estimate of drug-likeness (QED) is 0.650. The number of carboxylic acids is 2. The Labute approximate surface area is 163 Å². The number of carbonyl (C=O) groups is 3.